The van der Waals surface area contributed by atoms with Crippen molar-refractivity contribution in [3.8, 4) is 0 Å². The summed E-state index contributed by atoms with van der Waals surface area (Å²) in [6.45, 7) is 11.3. The molecular formula is C23H32BNO6. The number of rotatable bonds is 6. The van der Waals surface area contributed by atoms with Gasteiger partial charge in [0.05, 0.1) is 11.2 Å². The molecule has 0 saturated carbocycles. The van der Waals surface area contributed by atoms with E-state index in [0.29, 0.717) is 13.2 Å². The summed E-state index contributed by atoms with van der Waals surface area (Å²) in [5.41, 5.74) is 2.80. The van der Waals surface area contributed by atoms with E-state index in [-0.39, 0.29) is 30.6 Å². The smallest absolute Gasteiger partial charge is 0.444 e. The zero-order valence-electron chi connectivity index (χ0n) is 19.1. The molecule has 2 heterocycles. The molecule has 0 aliphatic carbocycles. The molecule has 0 N–H and O–H groups in total. The lowest BCUT2D eigenvalue weighted by molar-refractivity contribution is -0.191. The van der Waals surface area contributed by atoms with Gasteiger partial charge in [-0.1, -0.05) is 36.8 Å². The standard InChI is InChI=1S/C22H32BNO4.CO2/c1-17-19(12-9-14-23-27-21(2,3)22(4,5)28-23)13-15-24(17)20(25)26-16-18-10-7-6-8-11-18;2-1-3/h6-8,10-11H,9,12-16H2,1-5H3;. The Hall–Kier alpha value is -2.41. The van der Waals surface area contributed by atoms with E-state index in [2.05, 4.69) is 27.7 Å². The molecule has 31 heavy (non-hydrogen) atoms. The lowest BCUT2D eigenvalue weighted by atomic mass is 9.81. The van der Waals surface area contributed by atoms with Crippen LogP contribution in [0.3, 0.4) is 0 Å². The normalized spacial score (nSPS) is 19.0. The van der Waals surface area contributed by atoms with E-state index in [1.54, 1.807) is 4.90 Å². The summed E-state index contributed by atoms with van der Waals surface area (Å²) in [6, 6.07) is 9.77. The number of carbonyl (C=O) groups is 1. The predicted molar refractivity (Wildman–Crippen MR) is 116 cm³/mol. The Morgan fingerprint density at radius 1 is 1.13 bits per heavy atom. The first-order chi connectivity index (χ1) is 14.6. The van der Waals surface area contributed by atoms with Gasteiger partial charge in [-0.25, -0.2) is 4.79 Å². The number of hydrogen-bond acceptors (Lipinski definition) is 6. The van der Waals surface area contributed by atoms with Crippen molar-refractivity contribution in [3.63, 3.8) is 0 Å². The van der Waals surface area contributed by atoms with Gasteiger partial charge in [0.15, 0.2) is 0 Å². The molecule has 0 unspecified atom stereocenters. The van der Waals surface area contributed by atoms with Crippen molar-refractivity contribution in [1.29, 1.82) is 0 Å². The van der Waals surface area contributed by atoms with Crippen LogP contribution in [-0.2, 0) is 30.2 Å². The van der Waals surface area contributed by atoms with Crippen LogP contribution in [0.15, 0.2) is 41.6 Å². The van der Waals surface area contributed by atoms with Gasteiger partial charge in [0, 0.05) is 12.2 Å². The van der Waals surface area contributed by atoms with Crippen LogP contribution < -0.4 is 0 Å². The van der Waals surface area contributed by atoms with Gasteiger partial charge in [0.1, 0.15) is 6.61 Å². The van der Waals surface area contributed by atoms with Crippen molar-refractivity contribution in [2.45, 2.75) is 78.0 Å². The Morgan fingerprint density at radius 2 is 1.71 bits per heavy atom. The molecule has 168 valence electrons. The number of ether oxygens (including phenoxy) is 1. The van der Waals surface area contributed by atoms with Crippen LogP contribution in [0.4, 0.5) is 4.79 Å². The fraction of sp³-hybridized carbons (Fsp3) is 0.565. The molecule has 0 atom stereocenters. The van der Waals surface area contributed by atoms with Gasteiger partial charge in [0.2, 0.25) is 0 Å². The first-order valence-corrected chi connectivity index (χ1v) is 10.6. The molecule has 1 fully saturated rings. The van der Waals surface area contributed by atoms with Crippen LogP contribution in [0.2, 0.25) is 6.32 Å². The van der Waals surface area contributed by atoms with E-state index >= 15 is 0 Å². The highest BCUT2D eigenvalue weighted by atomic mass is 16.7. The monoisotopic (exact) mass is 429 g/mol. The summed E-state index contributed by atoms with van der Waals surface area (Å²) in [4.78, 5) is 30.4. The van der Waals surface area contributed by atoms with Crippen LogP contribution in [0.1, 0.15) is 59.4 Å². The maximum Gasteiger partial charge on any atom is 0.457 e. The fourth-order valence-electron chi connectivity index (χ4n) is 3.68. The number of hydrogen-bond donors (Lipinski definition) is 0. The number of allylic oxidation sites excluding steroid dienone is 1. The summed E-state index contributed by atoms with van der Waals surface area (Å²) >= 11 is 0. The van der Waals surface area contributed by atoms with Crippen LogP contribution >= 0.6 is 0 Å². The van der Waals surface area contributed by atoms with Gasteiger partial charge in [0.25, 0.3) is 0 Å². The average Bonchev–Trinajstić information content (AvgIpc) is 3.17. The highest BCUT2D eigenvalue weighted by Crippen LogP contribution is 2.38. The van der Waals surface area contributed by atoms with Gasteiger partial charge in [-0.05, 0) is 64.9 Å². The molecule has 1 aromatic rings. The molecule has 0 bridgehead atoms. The third-order valence-corrected chi connectivity index (χ3v) is 6.20. The summed E-state index contributed by atoms with van der Waals surface area (Å²) < 4.78 is 17.6. The van der Waals surface area contributed by atoms with Gasteiger partial charge in [-0.2, -0.15) is 9.59 Å². The van der Waals surface area contributed by atoms with Crippen LogP contribution in [0, 0.1) is 0 Å². The van der Waals surface area contributed by atoms with E-state index in [9.17, 15) is 4.79 Å². The molecule has 1 aromatic carbocycles. The minimum absolute atomic E-state index is 0.153. The largest absolute Gasteiger partial charge is 0.457 e. The number of amides is 1. The first kappa shape index (κ1) is 24.9. The SMILES string of the molecule is CC1=C(CCCB2OC(C)(C)C(C)(C)O2)CCN1C(=O)OCc1ccccc1.O=C=O. The zero-order valence-corrected chi connectivity index (χ0v) is 19.1. The second kappa shape index (κ2) is 10.8. The molecule has 0 aromatic heterocycles. The molecule has 2 aliphatic heterocycles. The summed E-state index contributed by atoms with van der Waals surface area (Å²) in [5, 5.41) is 0. The Labute approximate surface area is 184 Å². The highest BCUT2D eigenvalue weighted by molar-refractivity contribution is 6.45. The molecule has 7 nitrogen and oxygen atoms in total. The molecule has 8 heteroatoms. The van der Waals surface area contributed by atoms with Crippen LogP contribution in [-0.4, -0.2) is 42.0 Å². The highest BCUT2D eigenvalue weighted by Gasteiger charge is 2.50. The second-order valence-electron chi connectivity index (χ2n) is 8.79. The van der Waals surface area contributed by atoms with Crippen molar-refractivity contribution < 1.29 is 28.4 Å². The minimum Gasteiger partial charge on any atom is -0.444 e. The molecule has 3 rings (SSSR count). The maximum absolute atomic E-state index is 12.4. The summed E-state index contributed by atoms with van der Waals surface area (Å²) in [5.74, 6) is 0. The number of carbonyl (C=O) groups excluding carboxylic acids is 3. The van der Waals surface area contributed by atoms with Gasteiger partial charge in [-0.3, -0.25) is 4.90 Å². The molecule has 0 radical (unpaired) electrons. The van der Waals surface area contributed by atoms with Crippen molar-refractivity contribution in [2.24, 2.45) is 0 Å². The molecular weight excluding hydrogens is 397 g/mol. The second-order valence-corrected chi connectivity index (χ2v) is 8.79. The minimum atomic E-state index is -0.278. The Bertz CT molecular complexity index is 799. The lowest BCUT2D eigenvalue weighted by Gasteiger charge is -2.32. The van der Waals surface area contributed by atoms with E-state index in [0.717, 1.165) is 36.8 Å². The fourth-order valence-corrected chi connectivity index (χ4v) is 3.68. The average molecular weight is 429 g/mol. The Kier molecular flexibility index (Phi) is 8.63. The molecule has 2 aliphatic rings. The van der Waals surface area contributed by atoms with Crippen LogP contribution in [0.25, 0.3) is 0 Å². The molecule has 1 amide bonds. The Balaban J connectivity index is 0.00000107. The van der Waals surface area contributed by atoms with Gasteiger partial charge >= 0.3 is 19.4 Å². The van der Waals surface area contributed by atoms with E-state index in [1.165, 1.54) is 5.57 Å². The van der Waals surface area contributed by atoms with Gasteiger partial charge < -0.3 is 14.0 Å². The third kappa shape index (κ3) is 6.54. The molecule has 1 saturated heterocycles. The van der Waals surface area contributed by atoms with E-state index < -0.39 is 0 Å². The van der Waals surface area contributed by atoms with E-state index in [4.69, 9.17) is 23.6 Å². The van der Waals surface area contributed by atoms with E-state index in [1.807, 2.05) is 37.3 Å². The summed E-state index contributed by atoms with van der Waals surface area (Å²) in [7, 11) is -0.153. The van der Waals surface area contributed by atoms with Crippen LogP contribution in [0.5, 0.6) is 0 Å². The van der Waals surface area contributed by atoms with Crippen molar-refractivity contribution in [2.75, 3.05) is 6.54 Å². The summed E-state index contributed by atoms with van der Waals surface area (Å²) in [6.07, 6.45) is 3.70. The topological polar surface area (TPSA) is 82.1 Å². The zero-order chi connectivity index (χ0) is 23.1. The van der Waals surface area contributed by atoms with Crippen molar-refractivity contribution >= 4 is 19.4 Å². The Morgan fingerprint density at radius 3 is 2.29 bits per heavy atom. The van der Waals surface area contributed by atoms with Gasteiger partial charge in [-0.15, -0.1) is 0 Å². The number of nitrogens with zero attached hydrogens (tertiary/aromatic N) is 1. The van der Waals surface area contributed by atoms with Crippen molar-refractivity contribution in [1.82, 2.24) is 4.90 Å². The quantitative estimate of drug-likeness (QED) is 0.615. The molecule has 0 spiro atoms. The first-order valence-electron chi connectivity index (χ1n) is 10.6. The third-order valence-electron chi connectivity index (χ3n) is 6.20. The maximum atomic E-state index is 12.4. The van der Waals surface area contributed by atoms with Crippen molar-refractivity contribution in [3.05, 3.63) is 47.2 Å². The predicted octanol–water partition coefficient (Wildman–Crippen LogP) is 4.59. The lowest BCUT2D eigenvalue weighted by Crippen LogP contribution is -2.41. The number of benzene rings is 1.